The maximum atomic E-state index is 11.8. The lowest BCUT2D eigenvalue weighted by Crippen LogP contribution is -2.70. The molecule has 0 saturated carbocycles. The van der Waals surface area contributed by atoms with Gasteiger partial charge in [0.1, 0.15) is 67.1 Å². The molecule has 0 radical (unpaired) electrons. The van der Waals surface area contributed by atoms with E-state index in [2.05, 4.69) is 21.3 Å². The highest BCUT2D eigenvalue weighted by Gasteiger charge is 2.56. The molecule has 12 N–H and O–H groups in total. The van der Waals surface area contributed by atoms with Gasteiger partial charge in [0.05, 0.1) is 54.7 Å². The van der Waals surface area contributed by atoms with Crippen LogP contribution < -0.4 is 21.3 Å². The van der Waals surface area contributed by atoms with Gasteiger partial charge in [-0.25, -0.2) is 0 Å². The predicted octanol–water partition coefficient (Wildman–Crippen LogP) is -7.77. The van der Waals surface area contributed by atoms with E-state index in [-0.39, 0.29) is 6.41 Å². The number of rotatable bonds is 16. The molecule has 4 amide bonds. The van der Waals surface area contributed by atoms with Crippen molar-refractivity contribution in [1.29, 1.82) is 0 Å². The van der Waals surface area contributed by atoms with Crippen molar-refractivity contribution in [2.24, 2.45) is 0 Å². The molecular formula is C34H56N4O21. The first kappa shape index (κ1) is 47.3. The van der Waals surface area contributed by atoms with Crippen LogP contribution in [0.3, 0.4) is 0 Å². The fraction of sp³-hybridized carbons (Fsp3) is 0.882. The molecule has 5 heterocycles. The smallest absolute Gasteiger partial charge is 0.207 e. The van der Waals surface area contributed by atoms with Crippen LogP contribution in [0.15, 0.2) is 0 Å². The zero-order chi connectivity index (χ0) is 43.5. The molecule has 25 heteroatoms. The van der Waals surface area contributed by atoms with E-state index in [4.69, 9.17) is 42.6 Å². The van der Waals surface area contributed by atoms with Crippen LogP contribution in [0.1, 0.15) is 34.6 Å². The van der Waals surface area contributed by atoms with Crippen LogP contribution in [0, 0.1) is 0 Å². The standard InChI is InChI=1S/C34H56N4O21/c1-10-15(35-6-39)20(44)25(49)31(52-10)57-27-21(45)16(36-7-40)12(3)54-33(27)59-29-23(47)18(38-9-42)13(4)55-34(29)58-28-22(46)17(37-8-41)11(2)53-32(28)56-26-24(48)19(43)14(5)51-30(26)50/h6-34,43-50H,1-5H3,(H,35,39)(H,36,40)(H,37,41)(H,38,42)/t10-,11-,12-,13-,14-,15-,16-,17-,18-,19-,20+,21+,22+,23+,24+,25+,26+,27+,28+,29+,30?,31-,32-,33-,34-/m1/s1. The molecule has 5 saturated heterocycles. The third kappa shape index (κ3) is 9.97. The minimum absolute atomic E-state index is 0.287. The molecule has 5 rings (SSSR count). The molecule has 0 spiro atoms. The molecule has 0 aromatic rings. The van der Waals surface area contributed by atoms with Crippen LogP contribution in [0.4, 0.5) is 0 Å². The average molecular weight is 857 g/mol. The van der Waals surface area contributed by atoms with E-state index in [0.717, 1.165) is 0 Å². The first-order valence-corrected chi connectivity index (χ1v) is 19.1. The molecule has 5 aliphatic heterocycles. The monoisotopic (exact) mass is 856 g/mol. The molecule has 25 atom stereocenters. The van der Waals surface area contributed by atoms with Gasteiger partial charge in [-0.2, -0.15) is 0 Å². The van der Waals surface area contributed by atoms with Gasteiger partial charge in [-0.05, 0) is 34.6 Å². The largest absolute Gasteiger partial charge is 0.388 e. The van der Waals surface area contributed by atoms with Crippen LogP contribution >= 0.6 is 0 Å². The Labute approximate surface area is 337 Å². The highest BCUT2D eigenvalue weighted by molar-refractivity contribution is 5.48. The number of hydrogen-bond donors (Lipinski definition) is 12. The Balaban J connectivity index is 1.48. The van der Waals surface area contributed by atoms with Gasteiger partial charge in [0.25, 0.3) is 0 Å². The SMILES string of the molecule is C[C@H]1OC(O)[C@@H](O[C@H]2O[C@H](C)[C@@H](NC=O)[C@H](O)[C@@H]2O[C@H]2O[C@H](C)[C@@H](NC=O)[C@H](O)[C@@H]2O[C@H]2O[C@H](C)[C@@H](NC=O)[C@H](O)[C@@H]2O[C@H]2O[C@H](C)[C@@H](NC=O)[C@H](O)[C@@H]2O)[C@@H](O)[C@@H]1O. The first-order chi connectivity index (χ1) is 28.0. The van der Waals surface area contributed by atoms with Crippen molar-refractivity contribution in [2.75, 3.05) is 0 Å². The predicted molar refractivity (Wildman–Crippen MR) is 187 cm³/mol. The lowest BCUT2D eigenvalue weighted by Gasteiger charge is -2.51. The second-order valence-electron chi connectivity index (χ2n) is 15.1. The van der Waals surface area contributed by atoms with Crippen molar-refractivity contribution >= 4 is 25.6 Å². The number of aliphatic hydroxyl groups excluding tert-OH is 8. The molecule has 59 heavy (non-hydrogen) atoms. The Morgan fingerprint density at radius 1 is 0.356 bits per heavy atom. The fourth-order valence-electron chi connectivity index (χ4n) is 7.99. The molecule has 0 aromatic heterocycles. The van der Waals surface area contributed by atoms with Crippen molar-refractivity contribution in [3.63, 3.8) is 0 Å². The van der Waals surface area contributed by atoms with Crippen molar-refractivity contribution in [3.05, 3.63) is 0 Å². The summed E-state index contributed by atoms with van der Waals surface area (Å²) in [7, 11) is 0. The van der Waals surface area contributed by atoms with Gasteiger partial charge in [-0.1, -0.05) is 0 Å². The van der Waals surface area contributed by atoms with Gasteiger partial charge in [-0.3, -0.25) is 19.2 Å². The summed E-state index contributed by atoms with van der Waals surface area (Å²) in [5.41, 5.74) is 0. The summed E-state index contributed by atoms with van der Waals surface area (Å²) < 4.78 is 53.5. The number of ether oxygens (including phenoxy) is 9. The molecule has 25 nitrogen and oxygen atoms in total. The van der Waals surface area contributed by atoms with Gasteiger partial charge < -0.3 is 105 Å². The van der Waals surface area contributed by atoms with Crippen LogP contribution in [-0.4, -0.2) is 220 Å². The number of carbonyl (C=O) groups excluding carboxylic acids is 4. The lowest BCUT2D eigenvalue weighted by molar-refractivity contribution is -0.396. The summed E-state index contributed by atoms with van der Waals surface area (Å²) in [6.07, 6.45) is -31.4. The molecular weight excluding hydrogens is 800 g/mol. The molecule has 5 aliphatic rings. The fourth-order valence-corrected chi connectivity index (χ4v) is 7.99. The zero-order valence-corrected chi connectivity index (χ0v) is 32.6. The number of carbonyl (C=O) groups is 4. The molecule has 1 unspecified atom stereocenters. The van der Waals surface area contributed by atoms with E-state index in [1.54, 1.807) is 0 Å². The second kappa shape index (κ2) is 20.4. The third-order valence-corrected chi connectivity index (χ3v) is 11.3. The number of nitrogens with one attached hydrogen (secondary N) is 4. The van der Waals surface area contributed by atoms with Crippen molar-refractivity contribution in [2.45, 2.75) is 188 Å². The third-order valence-electron chi connectivity index (χ3n) is 11.3. The first-order valence-electron chi connectivity index (χ1n) is 19.1. The van der Waals surface area contributed by atoms with Gasteiger partial charge in [0.2, 0.25) is 25.6 Å². The summed E-state index contributed by atoms with van der Waals surface area (Å²) in [6, 6.07) is -4.60. The molecule has 5 fully saturated rings. The van der Waals surface area contributed by atoms with Gasteiger partial charge in [0.15, 0.2) is 31.5 Å². The summed E-state index contributed by atoms with van der Waals surface area (Å²) in [4.78, 5) is 45.9. The van der Waals surface area contributed by atoms with Crippen molar-refractivity contribution in [1.82, 2.24) is 21.3 Å². The van der Waals surface area contributed by atoms with Crippen molar-refractivity contribution in [3.8, 4) is 0 Å². The van der Waals surface area contributed by atoms with E-state index >= 15 is 0 Å². The lowest BCUT2D eigenvalue weighted by atomic mass is 9.94. The van der Waals surface area contributed by atoms with E-state index in [0.29, 0.717) is 19.2 Å². The number of aliphatic hydroxyl groups is 8. The van der Waals surface area contributed by atoms with Crippen LogP contribution in [0.25, 0.3) is 0 Å². The van der Waals surface area contributed by atoms with Gasteiger partial charge in [0, 0.05) is 0 Å². The van der Waals surface area contributed by atoms with Crippen molar-refractivity contribution < 1.29 is 103 Å². The maximum absolute atomic E-state index is 11.8. The van der Waals surface area contributed by atoms with E-state index < -0.39 is 153 Å². The van der Waals surface area contributed by atoms with Gasteiger partial charge in [-0.15, -0.1) is 0 Å². The number of amides is 4. The summed E-state index contributed by atoms with van der Waals surface area (Å²) in [6.45, 7) is 7.25. The zero-order valence-electron chi connectivity index (χ0n) is 32.6. The Morgan fingerprint density at radius 2 is 0.661 bits per heavy atom. The molecule has 0 aliphatic carbocycles. The maximum Gasteiger partial charge on any atom is 0.207 e. The minimum Gasteiger partial charge on any atom is -0.388 e. The highest BCUT2D eigenvalue weighted by Crippen LogP contribution is 2.36. The Hall–Kier alpha value is -2.80. The molecule has 0 bridgehead atoms. The van der Waals surface area contributed by atoms with Crippen LogP contribution in [0.2, 0.25) is 0 Å². The normalized spacial score (nSPS) is 50.5. The summed E-state index contributed by atoms with van der Waals surface area (Å²) in [5, 5.41) is 98.2. The second-order valence-corrected chi connectivity index (χ2v) is 15.1. The molecule has 0 aromatic carbocycles. The molecule has 338 valence electrons. The Morgan fingerprint density at radius 3 is 1.02 bits per heavy atom. The quantitative estimate of drug-likeness (QED) is 0.0642. The van der Waals surface area contributed by atoms with E-state index in [1.165, 1.54) is 34.6 Å². The summed E-state index contributed by atoms with van der Waals surface area (Å²) in [5.74, 6) is 0. The minimum atomic E-state index is -1.83. The Kier molecular flexibility index (Phi) is 16.3. The van der Waals surface area contributed by atoms with Crippen LogP contribution in [-0.2, 0) is 61.8 Å². The topological polar surface area (TPSA) is 361 Å². The van der Waals surface area contributed by atoms with E-state index in [1.807, 2.05) is 0 Å². The Bertz CT molecular complexity index is 1390. The average Bonchev–Trinajstić information content (AvgIpc) is 3.18. The number of hydrogen-bond acceptors (Lipinski definition) is 21. The van der Waals surface area contributed by atoms with Crippen LogP contribution in [0.5, 0.6) is 0 Å². The summed E-state index contributed by atoms with van der Waals surface area (Å²) >= 11 is 0. The highest BCUT2D eigenvalue weighted by atomic mass is 16.8. The van der Waals surface area contributed by atoms with E-state index in [9.17, 15) is 60.0 Å². The van der Waals surface area contributed by atoms with Gasteiger partial charge >= 0.3 is 0 Å².